The summed E-state index contributed by atoms with van der Waals surface area (Å²) in [5.74, 6) is -14.0. The van der Waals surface area contributed by atoms with Crippen molar-refractivity contribution < 1.29 is 46.8 Å². The third kappa shape index (κ3) is 3.16. The van der Waals surface area contributed by atoms with Crippen LogP contribution in [0.15, 0.2) is 5.11 Å². The summed E-state index contributed by atoms with van der Waals surface area (Å²) in [6.07, 6.45) is -2.34. The molecule has 1 fully saturated rings. The number of benzene rings is 1. The molecule has 0 aliphatic carbocycles. The van der Waals surface area contributed by atoms with E-state index in [-0.39, 0.29) is 6.42 Å². The van der Waals surface area contributed by atoms with Crippen molar-refractivity contribution >= 4 is 17.6 Å². The minimum atomic E-state index is -2.60. The predicted molar refractivity (Wildman–Crippen MR) is 84.0 cm³/mol. The molecule has 1 aliphatic rings. The number of hydrogen-bond acceptors (Lipinski definition) is 6. The van der Waals surface area contributed by atoms with Crippen molar-refractivity contribution in [1.29, 1.82) is 5.53 Å². The lowest BCUT2D eigenvalue weighted by molar-refractivity contribution is -0.338. The Hall–Kier alpha value is -2.89. The van der Waals surface area contributed by atoms with Crippen LogP contribution < -0.4 is 4.91 Å². The van der Waals surface area contributed by atoms with Crippen LogP contribution in [0.25, 0.3) is 0 Å². The molecule has 2 unspecified atom stereocenters. The van der Waals surface area contributed by atoms with E-state index in [1.54, 1.807) is 0 Å². The van der Waals surface area contributed by atoms with E-state index < -0.39 is 76.8 Å². The number of hydrogen-bond donors (Lipinski definition) is 3. The van der Waals surface area contributed by atoms with Crippen LogP contribution in [0.3, 0.4) is 0 Å². The zero-order chi connectivity index (χ0) is 22.1. The minimum Gasteiger partial charge on any atom is -0.480 e. The molecule has 1 aliphatic heterocycles. The average Bonchev–Trinajstić information content (AvgIpc) is 2.69. The highest BCUT2D eigenvalue weighted by Gasteiger charge is 2.61. The predicted octanol–water partition coefficient (Wildman–Crippen LogP) is 2.97. The molecular weight excluding hydrogens is 406 g/mol. The number of nitrogens with zero attached hydrogens (tertiary/aromatic N) is 2. The number of rotatable bonds is 6. The quantitative estimate of drug-likeness (QED) is 0.211. The summed E-state index contributed by atoms with van der Waals surface area (Å²) in [5, 5.41) is 21.5. The second-order valence-corrected chi connectivity index (χ2v) is 6.17. The number of carboxylic acid groups (broad SMARTS) is 2. The standard InChI is InChI=1S/C16H15F4N3O6/c1-3-6-15(13(24)25,14(26)27)5-28-16(4-2,29-6)7-8(17)10(19)12(22-23-21)11(20)9(7)18/h6,21H,3-5H2,1-2H3,(H-,24,25,26,27)/p+1. The van der Waals surface area contributed by atoms with Crippen LogP contribution in [-0.4, -0.2) is 34.9 Å². The van der Waals surface area contributed by atoms with Gasteiger partial charge >= 0.3 is 11.9 Å². The van der Waals surface area contributed by atoms with Gasteiger partial charge in [-0.05, 0) is 6.42 Å². The Morgan fingerprint density at radius 2 is 1.66 bits per heavy atom. The number of ether oxygens (including phenoxy) is 2. The monoisotopic (exact) mass is 422 g/mol. The lowest BCUT2D eigenvalue weighted by Crippen LogP contribution is -2.61. The van der Waals surface area contributed by atoms with Crippen molar-refractivity contribution in [2.24, 2.45) is 10.5 Å². The lowest BCUT2D eigenvalue weighted by atomic mass is 9.79. The van der Waals surface area contributed by atoms with Gasteiger partial charge in [0.25, 0.3) is 0 Å². The molecule has 9 nitrogen and oxygen atoms in total. The highest BCUT2D eigenvalue weighted by atomic mass is 19.2. The molecule has 1 saturated heterocycles. The van der Waals surface area contributed by atoms with Crippen molar-refractivity contribution in [2.75, 3.05) is 6.61 Å². The highest BCUT2D eigenvalue weighted by Crippen LogP contribution is 2.47. The lowest BCUT2D eigenvalue weighted by Gasteiger charge is -2.47. The third-order valence-electron chi connectivity index (χ3n) is 4.79. The molecule has 0 bridgehead atoms. The summed E-state index contributed by atoms with van der Waals surface area (Å²) < 4.78 is 68.3. The normalized spacial score (nSPS) is 23.3. The van der Waals surface area contributed by atoms with Crippen molar-refractivity contribution in [2.45, 2.75) is 38.6 Å². The largest absolute Gasteiger partial charge is 0.480 e. The van der Waals surface area contributed by atoms with E-state index in [9.17, 15) is 37.4 Å². The van der Waals surface area contributed by atoms with Crippen LogP contribution >= 0.6 is 0 Å². The Morgan fingerprint density at radius 3 is 2.03 bits per heavy atom. The van der Waals surface area contributed by atoms with E-state index in [4.69, 9.17) is 15.0 Å². The summed E-state index contributed by atoms with van der Waals surface area (Å²) in [4.78, 5) is 25.6. The molecule has 3 N–H and O–H groups in total. The van der Waals surface area contributed by atoms with Gasteiger partial charge in [-0.1, -0.05) is 13.8 Å². The van der Waals surface area contributed by atoms with Gasteiger partial charge in [0, 0.05) is 6.42 Å². The molecule has 0 radical (unpaired) electrons. The summed E-state index contributed by atoms with van der Waals surface area (Å²) in [6, 6.07) is 0. The molecule has 0 spiro atoms. The van der Waals surface area contributed by atoms with Crippen molar-refractivity contribution in [3.8, 4) is 0 Å². The molecule has 0 aromatic heterocycles. The SMILES string of the molecule is CCC1OC(CC)(c2c(F)c(F)c(N=[N+]=N)c(F)c2F)OCC1(C(=O)O)C(=O)O. The molecule has 0 amide bonds. The molecule has 2 atom stereocenters. The first kappa shape index (κ1) is 22.4. The number of nitrogens with one attached hydrogen (secondary N) is 1. The van der Waals surface area contributed by atoms with Crippen molar-refractivity contribution in [1.82, 2.24) is 4.91 Å². The van der Waals surface area contributed by atoms with Gasteiger partial charge in [0.2, 0.25) is 21.8 Å². The second-order valence-electron chi connectivity index (χ2n) is 6.17. The summed E-state index contributed by atoms with van der Waals surface area (Å²) in [6.45, 7) is 1.55. The Bertz CT molecular complexity index is 877. The maximum absolute atomic E-state index is 14.6. The zero-order valence-corrected chi connectivity index (χ0v) is 15.1. The molecule has 13 heteroatoms. The van der Waals surface area contributed by atoms with E-state index in [1.807, 2.05) is 0 Å². The third-order valence-corrected chi connectivity index (χ3v) is 4.79. The molecule has 1 aromatic rings. The Balaban J connectivity index is 2.73. The summed E-state index contributed by atoms with van der Waals surface area (Å²) in [7, 11) is 0. The zero-order valence-electron chi connectivity index (χ0n) is 15.1. The number of carboxylic acids is 2. The smallest absolute Gasteiger partial charge is 0.326 e. The van der Waals surface area contributed by atoms with Crippen molar-refractivity contribution in [3.05, 3.63) is 28.8 Å². The summed E-state index contributed by atoms with van der Waals surface area (Å²) >= 11 is 0. The molecule has 1 aromatic carbocycles. The molecule has 2 rings (SSSR count). The van der Waals surface area contributed by atoms with Gasteiger partial charge in [-0.25, -0.2) is 17.6 Å². The van der Waals surface area contributed by atoms with Gasteiger partial charge in [-0.2, -0.15) is 0 Å². The van der Waals surface area contributed by atoms with E-state index in [1.165, 1.54) is 13.8 Å². The van der Waals surface area contributed by atoms with Crippen LogP contribution in [0.5, 0.6) is 0 Å². The van der Waals surface area contributed by atoms with Crippen LogP contribution in [0.2, 0.25) is 0 Å². The second kappa shape index (κ2) is 7.85. The van der Waals surface area contributed by atoms with Gasteiger partial charge in [-0.15, -0.1) is 0 Å². The molecule has 1 heterocycles. The van der Waals surface area contributed by atoms with Crippen molar-refractivity contribution in [3.63, 3.8) is 0 Å². The van der Waals surface area contributed by atoms with Crippen LogP contribution in [0.4, 0.5) is 23.2 Å². The van der Waals surface area contributed by atoms with Gasteiger partial charge in [0.15, 0.2) is 28.4 Å². The fourth-order valence-corrected chi connectivity index (χ4v) is 3.20. The van der Waals surface area contributed by atoms with E-state index in [0.29, 0.717) is 0 Å². The van der Waals surface area contributed by atoms with Crippen LogP contribution in [0, 0.1) is 34.2 Å². The Kier molecular flexibility index (Phi) is 6.07. The Morgan fingerprint density at radius 1 is 1.14 bits per heavy atom. The van der Waals surface area contributed by atoms with E-state index >= 15 is 0 Å². The highest BCUT2D eigenvalue weighted by molar-refractivity contribution is 5.99. The van der Waals surface area contributed by atoms with E-state index in [2.05, 4.69) is 10.0 Å². The fraction of sp³-hybridized carbons (Fsp3) is 0.500. The number of carbonyl (C=O) groups is 2. The minimum absolute atomic E-state index is 0.233. The maximum atomic E-state index is 14.6. The summed E-state index contributed by atoms with van der Waals surface area (Å²) in [5.41, 5.74) is 1.06. The van der Waals surface area contributed by atoms with Crippen LogP contribution in [0.1, 0.15) is 32.3 Å². The number of aliphatic carboxylic acids is 2. The topological polar surface area (TPSA) is 143 Å². The first-order chi connectivity index (χ1) is 13.5. The van der Waals surface area contributed by atoms with Crippen LogP contribution in [-0.2, 0) is 24.8 Å². The first-order valence-electron chi connectivity index (χ1n) is 8.26. The van der Waals surface area contributed by atoms with Gasteiger partial charge in [-0.3, -0.25) is 9.59 Å². The molecule has 158 valence electrons. The molecule has 29 heavy (non-hydrogen) atoms. The maximum Gasteiger partial charge on any atom is 0.326 e. The molecular formula is C16H16F4N3O6+. The van der Waals surface area contributed by atoms with Gasteiger partial charge in [0.05, 0.1) is 18.3 Å². The number of halogens is 4. The molecule has 0 saturated carbocycles. The van der Waals surface area contributed by atoms with E-state index in [0.717, 1.165) is 0 Å². The first-order valence-corrected chi connectivity index (χ1v) is 8.26. The fourth-order valence-electron chi connectivity index (χ4n) is 3.20. The van der Waals surface area contributed by atoms with Gasteiger partial charge in [0.1, 0.15) is 5.53 Å². The van der Waals surface area contributed by atoms with Gasteiger partial charge < -0.3 is 19.7 Å². The Labute approximate surface area is 160 Å². The average molecular weight is 422 g/mol.